The summed E-state index contributed by atoms with van der Waals surface area (Å²) in [5, 5.41) is 0. The molecule has 0 saturated carbocycles. The highest BCUT2D eigenvalue weighted by molar-refractivity contribution is 6.79. The van der Waals surface area contributed by atoms with Gasteiger partial charge in [0.2, 0.25) is 0 Å². The van der Waals surface area contributed by atoms with Crippen molar-refractivity contribution < 1.29 is 0 Å². The number of halogens is 2. The third-order valence-corrected chi connectivity index (χ3v) is 0. The normalized spacial score (nSPS) is 12.0. The molecule has 5 heavy (non-hydrogen) atoms. The molecule has 0 N–H and O–H groups in total. The summed E-state index contributed by atoms with van der Waals surface area (Å²) in [6.45, 7) is 0. The van der Waals surface area contributed by atoms with E-state index in [1.54, 1.807) is 0 Å². The predicted molar refractivity (Wildman–Crippen MR) is 25.9 cm³/mol. The molecule has 0 saturated heterocycles. The Labute approximate surface area is 47.7 Å². The summed E-state index contributed by atoms with van der Waals surface area (Å²) < 4.78 is -0.944. The first-order chi connectivity index (χ1) is 2.00. The molecular weight excluding hydrogens is 139 g/mol. The lowest BCUT2D eigenvalue weighted by atomic mass is 11.8. The van der Waals surface area contributed by atoms with Crippen LogP contribution >= 0.6 is 23.2 Å². The van der Waals surface area contributed by atoms with Crippen molar-refractivity contribution in [3.05, 3.63) is 0 Å². The quantitative estimate of drug-likeness (QED) is 0.337. The maximum Gasteiger partial charge on any atom is 0.0835 e. The number of alkyl halides is 2. The molecule has 0 rings (SSSR count). The Kier molecular flexibility index (Phi) is 1.97. The largest absolute Gasteiger partial charge is 0.112 e. The zero-order valence-electron chi connectivity index (χ0n) is 2.26. The highest BCUT2D eigenvalue weighted by Gasteiger charge is 2.04. The lowest BCUT2D eigenvalue weighted by Crippen LogP contribution is -2.09. The van der Waals surface area contributed by atoms with Gasteiger partial charge in [-0.2, -0.15) is 0 Å². The SMILES string of the molecule is [Si]C([Si])(Cl)Cl. The van der Waals surface area contributed by atoms with E-state index >= 15 is 0 Å². The van der Waals surface area contributed by atoms with Gasteiger partial charge in [0.15, 0.2) is 0 Å². The zero-order chi connectivity index (χ0) is 4.50. The van der Waals surface area contributed by atoms with Crippen molar-refractivity contribution in [1.29, 1.82) is 0 Å². The number of rotatable bonds is 0. The van der Waals surface area contributed by atoms with E-state index in [0.29, 0.717) is 0 Å². The summed E-state index contributed by atoms with van der Waals surface area (Å²) in [4.78, 5) is 0. The van der Waals surface area contributed by atoms with Gasteiger partial charge >= 0.3 is 0 Å². The summed E-state index contributed by atoms with van der Waals surface area (Å²) in [6.07, 6.45) is 0. The Morgan fingerprint density at radius 2 is 1.20 bits per heavy atom. The lowest BCUT2D eigenvalue weighted by Gasteiger charge is -1.97. The van der Waals surface area contributed by atoms with Gasteiger partial charge in [-0.3, -0.25) is 0 Å². The molecule has 0 aliphatic heterocycles. The predicted octanol–water partition coefficient (Wildman–Crippen LogP) is 0.412. The molecular formula is CCl2Si2. The van der Waals surface area contributed by atoms with Crippen molar-refractivity contribution in [2.45, 2.75) is 3.58 Å². The second-order valence-corrected chi connectivity index (χ2v) is 5.17. The maximum absolute atomic E-state index is 5.12. The van der Waals surface area contributed by atoms with Gasteiger partial charge in [-0.15, -0.1) is 23.2 Å². The fourth-order valence-electron chi connectivity index (χ4n) is 0. The van der Waals surface area contributed by atoms with Gasteiger partial charge in [-0.05, 0) is 0 Å². The first-order valence-corrected chi connectivity index (χ1v) is 2.63. The van der Waals surface area contributed by atoms with Crippen LogP contribution in [0.5, 0.6) is 0 Å². The highest BCUT2D eigenvalue weighted by atomic mass is 35.5. The Morgan fingerprint density at radius 3 is 1.20 bits per heavy atom. The van der Waals surface area contributed by atoms with Crippen LogP contribution in [0.1, 0.15) is 0 Å². The lowest BCUT2D eigenvalue weighted by molar-refractivity contribution is 1.75. The molecule has 0 unspecified atom stereocenters. The molecule has 6 radical (unpaired) electrons. The molecule has 0 bridgehead atoms. The molecule has 0 atom stereocenters. The second-order valence-electron chi connectivity index (χ2n) is 0.574. The molecule has 0 spiro atoms. The molecule has 0 aromatic carbocycles. The molecule has 0 fully saturated rings. The van der Waals surface area contributed by atoms with Crippen molar-refractivity contribution in [1.82, 2.24) is 0 Å². The summed E-state index contributed by atoms with van der Waals surface area (Å²) >= 11 is 10.2. The first kappa shape index (κ1) is 6.01. The molecule has 0 aliphatic rings. The van der Waals surface area contributed by atoms with Gasteiger partial charge in [0.1, 0.15) is 0 Å². The molecule has 0 aliphatic carbocycles. The Bertz CT molecular complexity index is 23.1. The average Bonchev–Trinajstić information content (AvgIpc) is 0.722. The van der Waals surface area contributed by atoms with Crippen LogP contribution in [-0.2, 0) is 0 Å². The van der Waals surface area contributed by atoms with Crippen LogP contribution < -0.4 is 0 Å². The molecule has 0 heterocycles. The van der Waals surface area contributed by atoms with Crippen LogP contribution in [0.15, 0.2) is 0 Å². The summed E-state index contributed by atoms with van der Waals surface area (Å²) in [6, 6.07) is 0. The monoisotopic (exact) mass is 138 g/mol. The van der Waals surface area contributed by atoms with Crippen molar-refractivity contribution in [2.75, 3.05) is 0 Å². The Hall–Kier alpha value is 1.01. The van der Waals surface area contributed by atoms with E-state index in [2.05, 4.69) is 20.5 Å². The van der Waals surface area contributed by atoms with E-state index in [0.717, 1.165) is 0 Å². The van der Waals surface area contributed by atoms with Crippen LogP contribution in [0.3, 0.4) is 0 Å². The van der Waals surface area contributed by atoms with E-state index < -0.39 is 3.58 Å². The van der Waals surface area contributed by atoms with E-state index in [1.165, 1.54) is 0 Å². The molecule has 0 amide bonds. The highest BCUT2D eigenvalue weighted by Crippen LogP contribution is 2.07. The minimum atomic E-state index is -0.944. The van der Waals surface area contributed by atoms with Gasteiger partial charge in [0.25, 0.3) is 0 Å². The van der Waals surface area contributed by atoms with Gasteiger partial charge in [0, 0.05) is 0 Å². The van der Waals surface area contributed by atoms with E-state index in [9.17, 15) is 0 Å². The van der Waals surface area contributed by atoms with Crippen molar-refractivity contribution in [3.8, 4) is 0 Å². The number of hydrogen-bond acceptors (Lipinski definition) is 0. The third-order valence-electron chi connectivity index (χ3n) is 0. The summed E-state index contributed by atoms with van der Waals surface area (Å²) in [5.41, 5.74) is 0. The van der Waals surface area contributed by atoms with Crippen molar-refractivity contribution in [3.63, 3.8) is 0 Å². The maximum atomic E-state index is 5.12. The minimum Gasteiger partial charge on any atom is -0.112 e. The standard InChI is InChI=1S/CCl2Si2/c2-1(3,4)5. The van der Waals surface area contributed by atoms with Crippen LogP contribution in [-0.4, -0.2) is 24.1 Å². The van der Waals surface area contributed by atoms with Gasteiger partial charge in [-0.25, -0.2) is 0 Å². The van der Waals surface area contributed by atoms with Crippen LogP contribution in [0.4, 0.5) is 0 Å². The van der Waals surface area contributed by atoms with E-state index in [-0.39, 0.29) is 0 Å². The summed E-state index contributed by atoms with van der Waals surface area (Å²) in [5.74, 6) is 0. The fraction of sp³-hybridized carbons (Fsp3) is 1.00. The second kappa shape index (κ2) is 1.64. The molecule has 0 nitrogen and oxygen atoms in total. The smallest absolute Gasteiger partial charge is 0.0835 e. The van der Waals surface area contributed by atoms with Gasteiger partial charge in [-0.1, -0.05) is 0 Å². The topological polar surface area (TPSA) is 0 Å². The fourth-order valence-corrected chi connectivity index (χ4v) is 0. The van der Waals surface area contributed by atoms with Crippen LogP contribution in [0.25, 0.3) is 0 Å². The molecule has 4 heteroatoms. The third kappa shape index (κ3) is 44.3. The number of hydrogen-bond donors (Lipinski definition) is 0. The Balaban J connectivity index is 3.02. The van der Waals surface area contributed by atoms with E-state index in [1.807, 2.05) is 0 Å². The molecule has 26 valence electrons. The van der Waals surface area contributed by atoms with Crippen molar-refractivity contribution in [2.24, 2.45) is 0 Å². The van der Waals surface area contributed by atoms with Gasteiger partial charge < -0.3 is 0 Å². The van der Waals surface area contributed by atoms with Crippen LogP contribution in [0.2, 0.25) is 0 Å². The van der Waals surface area contributed by atoms with Gasteiger partial charge in [0.05, 0.1) is 24.1 Å². The minimum absolute atomic E-state index is 0.944. The molecule has 0 aromatic heterocycles. The van der Waals surface area contributed by atoms with Crippen LogP contribution in [0, 0.1) is 0 Å². The Morgan fingerprint density at radius 1 is 1.20 bits per heavy atom. The average molecular weight is 139 g/mol. The van der Waals surface area contributed by atoms with Crippen molar-refractivity contribution >= 4 is 43.7 Å². The van der Waals surface area contributed by atoms with E-state index in [4.69, 9.17) is 23.2 Å². The first-order valence-electron chi connectivity index (χ1n) is 0.878. The summed E-state index contributed by atoms with van der Waals surface area (Å²) in [7, 11) is 5.73. The molecule has 0 aromatic rings. The zero-order valence-corrected chi connectivity index (χ0v) is 5.77.